The average molecular weight is 557 g/mol. The number of nitrogens with one attached hydrogen (secondary N) is 1. The minimum Gasteiger partial charge on any atom is -0.478 e. The molecule has 0 radical (unpaired) electrons. The Bertz CT molecular complexity index is 1430. The summed E-state index contributed by atoms with van der Waals surface area (Å²) in [5.74, 6) is -2.04. The average Bonchev–Trinajstić information content (AvgIpc) is 3.48. The number of piperidine rings is 1. The summed E-state index contributed by atoms with van der Waals surface area (Å²) in [6, 6.07) is 18.7. The molecule has 2 heterocycles. The van der Waals surface area contributed by atoms with E-state index in [0.717, 1.165) is 38.9 Å². The minimum absolute atomic E-state index is 0.00611. The van der Waals surface area contributed by atoms with Gasteiger partial charge in [0.2, 0.25) is 0 Å². The van der Waals surface area contributed by atoms with E-state index in [1.54, 1.807) is 24.3 Å². The second kappa shape index (κ2) is 15.3. The number of carbonyl (C=O) groups excluding carboxylic acids is 1. The van der Waals surface area contributed by atoms with Gasteiger partial charge in [-0.05, 0) is 80.2 Å². The van der Waals surface area contributed by atoms with Gasteiger partial charge in [0.1, 0.15) is 0 Å². The molecule has 41 heavy (non-hydrogen) atoms. The van der Waals surface area contributed by atoms with Crippen LogP contribution in [0.5, 0.6) is 0 Å². The number of amides is 1. The smallest absolute Gasteiger partial charge is 0.328 e. The molecule has 1 saturated heterocycles. The summed E-state index contributed by atoms with van der Waals surface area (Å²) in [7, 11) is 0. The van der Waals surface area contributed by atoms with E-state index in [1.165, 1.54) is 5.56 Å². The molecule has 1 aliphatic rings. The predicted molar refractivity (Wildman–Crippen MR) is 145 cm³/mol. The van der Waals surface area contributed by atoms with Crippen LogP contribution >= 0.6 is 0 Å². The maximum Gasteiger partial charge on any atom is 0.328 e. The van der Waals surface area contributed by atoms with Crippen LogP contribution in [0.2, 0.25) is 0 Å². The predicted octanol–water partition coefficient (Wildman–Crippen LogP) is 3.22. The SMILES string of the molecule is N#Cc1ccc(CN2CCC(CCNC(=O)c3noc(-c4ccc(C#N)cc4)n3)CC2)cc1.O=C(O)/C=C/C(=O)O. The molecule has 0 saturated carbocycles. The summed E-state index contributed by atoms with van der Waals surface area (Å²) in [5, 5.41) is 40.1. The van der Waals surface area contributed by atoms with Crippen molar-refractivity contribution >= 4 is 17.8 Å². The van der Waals surface area contributed by atoms with Crippen molar-refractivity contribution in [2.75, 3.05) is 19.6 Å². The number of carbonyl (C=O) groups is 3. The fraction of sp³-hybridized carbons (Fsp3) is 0.276. The van der Waals surface area contributed by atoms with E-state index in [-0.39, 0.29) is 17.6 Å². The van der Waals surface area contributed by atoms with Gasteiger partial charge < -0.3 is 20.1 Å². The molecule has 210 valence electrons. The van der Waals surface area contributed by atoms with Gasteiger partial charge in [0.15, 0.2) is 0 Å². The summed E-state index contributed by atoms with van der Waals surface area (Å²) in [6.45, 7) is 3.52. The first kappa shape index (κ1) is 30.2. The van der Waals surface area contributed by atoms with Crippen LogP contribution < -0.4 is 5.32 Å². The number of benzene rings is 2. The molecule has 1 fully saturated rings. The van der Waals surface area contributed by atoms with Crippen LogP contribution in [-0.4, -0.2) is 62.7 Å². The van der Waals surface area contributed by atoms with Gasteiger partial charge in [0.25, 0.3) is 17.6 Å². The number of nitrogens with zero attached hydrogens (tertiary/aromatic N) is 5. The van der Waals surface area contributed by atoms with Crippen molar-refractivity contribution in [3.05, 3.63) is 83.2 Å². The molecule has 1 amide bonds. The molecular formula is C29H28N6O6. The van der Waals surface area contributed by atoms with Gasteiger partial charge in [-0.2, -0.15) is 15.5 Å². The molecule has 2 aromatic carbocycles. The minimum atomic E-state index is -1.26. The first-order chi connectivity index (χ1) is 19.8. The van der Waals surface area contributed by atoms with E-state index in [4.69, 9.17) is 25.3 Å². The van der Waals surface area contributed by atoms with Crippen molar-refractivity contribution in [1.82, 2.24) is 20.4 Å². The van der Waals surface area contributed by atoms with Crippen LogP contribution in [-0.2, 0) is 16.1 Å². The molecular weight excluding hydrogens is 528 g/mol. The number of rotatable bonds is 9. The third kappa shape index (κ3) is 10.1. The molecule has 0 atom stereocenters. The van der Waals surface area contributed by atoms with E-state index in [0.29, 0.717) is 41.3 Å². The normalized spacial score (nSPS) is 13.4. The number of aliphatic carboxylic acids is 2. The highest BCUT2D eigenvalue weighted by atomic mass is 16.5. The Morgan fingerprint density at radius 3 is 2.05 bits per heavy atom. The number of carboxylic acids is 2. The molecule has 0 aliphatic carbocycles. The summed E-state index contributed by atoms with van der Waals surface area (Å²) in [6.07, 6.45) is 4.22. The molecule has 1 aromatic heterocycles. The summed E-state index contributed by atoms with van der Waals surface area (Å²) >= 11 is 0. The van der Waals surface area contributed by atoms with E-state index < -0.39 is 11.9 Å². The fourth-order valence-corrected chi connectivity index (χ4v) is 4.11. The summed E-state index contributed by atoms with van der Waals surface area (Å²) in [4.78, 5) is 38.1. The lowest BCUT2D eigenvalue weighted by Crippen LogP contribution is -2.35. The number of nitriles is 2. The number of carboxylic acid groups (broad SMARTS) is 2. The van der Waals surface area contributed by atoms with Gasteiger partial charge in [-0.1, -0.05) is 17.3 Å². The zero-order valence-electron chi connectivity index (χ0n) is 22.1. The maximum atomic E-state index is 12.4. The lowest BCUT2D eigenvalue weighted by atomic mass is 9.93. The van der Waals surface area contributed by atoms with Crippen LogP contribution in [0.25, 0.3) is 11.5 Å². The Morgan fingerprint density at radius 2 is 1.51 bits per heavy atom. The molecule has 12 nitrogen and oxygen atoms in total. The van der Waals surface area contributed by atoms with Crippen LogP contribution in [0.1, 0.15) is 46.6 Å². The zero-order chi connectivity index (χ0) is 29.6. The fourth-order valence-electron chi connectivity index (χ4n) is 4.11. The van der Waals surface area contributed by atoms with Crippen molar-refractivity contribution in [2.24, 2.45) is 5.92 Å². The molecule has 0 bridgehead atoms. The third-order valence-electron chi connectivity index (χ3n) is 6.29. The van der Waals surface area contributed by atoms with Crippen molar-refractivity contribution in [3.8, 4) is 23.6 Å². The lowest BCUT2D eigenvalue weighted by molar-refractivity contribution is -0.134. The van der Waals surface area contributed by atoms with Gasteiger partial charge in [0, 0.05) is 30.8 Å². The van der Waals surface area contributed by atoms with Crippen molar-refractivity contribution in [1.29, 1.82) is 10.5 Å². The van der Waals surface area contributed by atoms with Crippen molar-refractivity contribution in [2.45, 2.75) is 25.8 Å². The molecule has 4 rings (SSSR count). The van der Waals surface area contributed by atoms with Crippen LogP contribution in [0.3, 0.4) is 0 Å². The van der Waals surface area contributed by atoms with Gasteiger partial charge in [-0.15, -0.1) is 0 Å². The highest BCUT2D eigenvalue weighted by molar-refractivity contribution is 5.90. The van der Waals surface area contributed by atoms with Gasteiger partial charge in [-0.3, -0.25) is 9.69 Å². The molecule has 12 heteroatoms. The summed E-state index contributed by atoms with van der Waals surface area (Å²) < 4.78 is 5.19. The molecule has 1 aliphatic heterocycles. The van der Waals surface area contributed by atoms with Gasteiger partial charge >= 0.3 is 11.9 Å². The summed E-state index contributed by atoms with van der Waals surface area (Å²) in [5.41, 5.74) is 3.11. The maximum absolute atomic E-state index is 12.4. The Morgan fingerprint density at radius 1 is 0.951 bits per heavy atom. The molecule has 3 aromatic rings. The molecule has 3 N–H and O–H groups in total. The third-order valence-corrected chi connectivity index (χ3v) is 6.29. The Kier molecular flexibility index (Phi) is 11.3. The molecule has 0 spiro atoms. The second-order valence-electron chi connectivity index (χ2n) is 9.19. The Balaban J connectivity index is 0.000000507. The number of hydrogen-bond donors (Lipinski definition) is 3. The van der Waals surface area contributed by atoms with Crippen LogP contribution in [0, 0.1) is 28.6 Å². The Hall–Kier alpha value is -5.33. The number of hydrogen-bond acceptors (Lipinski definition) is 9. The topological polar surface area (TPSA) is 193 Å². The first-order valence-corrected chi connectivity index (χ1v) is 12.7. The van der Waals surface area contributed by atoms with Crippen molar-refractivity contribution in [3.63, 3.8) is 0 Å². The van der Waals surface area contributed by atoms with E-state index >= 15 is 0 Å². The molecule has 0 unspecified atom stereocenters. The van der Waals surface area contributed by atoms with E-state index in [2.05, 4.69) is 32.5 Å². The van der Waals surface area contributed by atoms with E-state index in [1.807, 2.05) is 24.3 Å². The number of aromatic nitrogens is 2. The monoisotopic (exact) mass is 556 g/mol. The first-order valence-electron chi connectivity index (χ1n) is 12.7. The van der Waals surface area contributed by atoms with Crippen LogP contribution in [0.15, 0.2) is 65.2 Å². The largest absolute Gasteiger partial charge is 0.478 e. The van der Waals surface area contributed by atoms with Gasteiger partial charge in [0.05, 0.1) is 23.3 Å². The van der Waals surface area contributed by atoms with Crippen molar-refractivity contribution < 1.29 is 29.1 Å². The number of likely N-dealkylation sites (tertiary alicyclic amines) is 1. The zero-order valence-corrected chi connectivity index (χ0v) is 22.1. The second-order valence-corrected chi connectivity index (χ2v) is 9.19. The highest BCUT2D eigenvalue weighted by Crippen LogP contribution is 2.22. The quantitative estimate of drug-likeness (QED) is 0.328. The lowest BCUT2D eigenvalue weighted by Gasteiger charge is -2.32. The van der Waals surface area contributed by atoms with Crippen LogP contribution in [0.4, 0.5) is 0 Å². The van der Waals surface area contributed by atoms with E-state index in [9.17, 15) is 14.4 Å². The Labute approximate surface area is 236 Å². The van der Waals surface area contributed by atoms with Gasteiger partial charge in [-0.25, -0.2) is 9.59 Å². The standard InChI is InChI=1S/C25H24N6O2.C4H4O4/c26-15-19-1-3-21(4-2-19)17-31-13-10-18(11-14-31)9-12-28-24(32)23-29-25(33-30-23)22-7-5-20(16-27)6-8-22;5-3(6)1-2-4(7)8/h1-8,18H,9-14,17H2,(H,28,32);1-2H,(H,5,6)(H,7,8)/b;2-1+. The highest BCUT2D eigenvalue weighted by Gasteiger charge is 2.20.